The Labute approximate surface area is 97.7 Å². The molecule has 0 radical (unpaired) electrons. The van der Waals surface area contributed by atoms with Gasteiger partial charge >= 0.3 is 12.0 Å². The monoisotopic (exact) mass is 233 g/mol. The van der Waals surface area contributed by atoms with Gasteiger partial charge in [-0.25, -0.2) is 0 Å². The van der Waals surface area contributed by atoms with Crippen LogP contribution in [0.15, 0.2) is 18.3 Å². The number of nitrogen functional groups attached to an aromatic ring is 1. The number of nitrogens with two attached hydrogens (primary N) is 1. The van der Waals surface area contributed by atoms with Crippen LogP contribution in [0.5, 0.6) is 17.8 Å². The second-order valence-electron chi connectivity index (χ2n) is 3.20. The molecule has 0 aliphatic carbocycles. The summed E-state index contributed by atoms with van der Waals surface area (Å²) >= 11 is 0. The fourth-order valence-electron chi connectivity index (χ4n) is 1.11. The number of aryl methyl sites for hydroxylation is 1. The maximum Gasteiger partial charge on any atom is 0.330 e. The lowest BCUT2D eigenvalue weighted by Gasteiger charge is -2.05. The van der Waals surface area contributed by atoms with E-state index in [-0.39, 0.29) is 18.0 Å². The molecule has 0 amide bonds. The molecular formula is C10H11N5O2. The largest absolute Gasteiger partial charge is 0.467 e. The normalized spacial score (nSPS) is 10.0. The molecule has 0 aromatic carbocycles. The van der Waals surface area contributed by atoms with Gasteiger partial charge in [0, 0.05) is 5.69 Å². The Bertz CT molecular complexity index is 515. The third kappa shape index (κ3) is 2.77. The van der Waals surface area contributed by atoms with Gasteiger partial charge in [-0.05, 0) is 19.1 Å². The number of aromatic nitrogens is 4. The molecule has 0 saturated heterocycles. The first-order valence-electron chi connectivity index (χ1n) is 4.83. The zero-order valence-corrected chi connectivity index (χ0v) is 9.41. The number of rotatable bonds is 3. The molecule has 2 heterocycles. The Kier molecular flexibility index (Phi) is 2.99. The topological polar surface area (TPSA) is 96.0 Å². The maximum atomic E-state index is 5.47. The lowest BCUT2D eigenvalue weighted by Crippen LogP contribution is -2.02. The first kappa shape index (κ1) is 11.1. The Hall–Kier alpha value is -2.44. The van der Waals surface area contributed by atoms with Crippen molar-refractivity contribution in [3.8, 4) is 17.8 Å². The highest BCUT2D eigenvalue weighted by molar-refractivity contribution is 5.26. The zero-order chi connectivity index (χ0) is 12.3. The minimum atomic E-state index is 0.0342. The molecule has 88 valence electrons. The summed E-state index contributed by atoms with van der Waals surface area (Å²) in [5, 5.41) is 0. The van der Waals surface area contributed by atoms with E-state index >= 15 is 0 Å². The lowest BCUT2D eigenvalue weighted by atomic mass is 10.4. The molecule has 0 aliphatic rings. The van der Waals surface area contributed by atoms with Gasteiger partial charge in [-0.3, -0.25) is 4.98 Å². The first-order valence-corrected chi connectivity index (χ1v) is 4.83. The average molecular weight is 233 g/mol. The maximum absolute atomic E-state index is 5.47. The van der Waals surface area contributed by atoms with Crippen molar-refractivity contribution in [1.29, 1.82) is 0 Å². The van der Waals surface area contributed by atoms with Crippen molar-refractivity contribution in [1.82, 2.24) is 19.9 Å². The third-order valence-corrected chi connectivity index (χ3v) is 1.89. The molecular weight excluding hydrogens is 222 g/mol. The van der Waals surface area contributed by atoms with Crippen LogP contribution in [-0.2, 0) is 0 Å². The van der Waals surface area contributed by atoms with Crippen LogP contribution in [0.1, 0.15) is 5.69 Å². The van der Waals surface area contributed by atoms with Crippen LogP contribution in [0.2, 0.25) is 0 Å². The number of nitrogens with zero attached hydrogens (tertiary/aromatic N) is 4. The highest BCUT2D eigenvalue weighted by Crippen LogP contribution is 2.18. The van der Waals surface area contributed by atoms with Crippen LogP contribution in [0.4, 0.5) is 5.95 Å². The highest BCUT2D eigenvalue weighted by atomic mass is 16.5. The molecule has 0 fully saturated rings. The summed E-state index contributed by atoms with van der Waals surface area (Å²) in [6, 6.07) is 3.75. The van der Waals surface area contributed by atoms with Crippen molar-refractivity contribution in [3.05, 3.63) is 24.0 Å². The Morgan fingerprint density at radius 1 is 1.12 bits per heavy atom. The van der Waals surface area contributed by atoms with Crippen LogP contribution in [0.25, 0.3) is 0 Å². The van der Waals surface area contributed by atoms with E-state index in [1.54, 1.807) is 12.3 Å². The van der Waals surface area contributed by atoms with Crippen LogP contribution >= 0.6 is 0 Å². The van der Waals surface area contributed by atoms with Crippen molar-refractivity contribution in [2.45, 2.75) is 6.92 Å². The van der Waals surface area contributed by atoms with Gasteiger partial charge in [0.15, 0.2) is 0 Å². The van der Waals surface area contributed by atoms with E-state index < -0.39 is 0 Å². The van der Waals surface area contributed by atoms with Gasteiger partial charge in [-0.2, -0.15) is 9.97 Å². The second-order valence-corrected chi connectivity index (χ2v) is 3.20. The molecule has 7 nitrogen and oxygen atoms in total. The molecule has 7 heteroatoms. The summed E-state index contributed by atoms with van der Waals surface area (Å²) in [4.78, 5) is 15.5. The summed E-state index contributed by atoms with van der Waals surface area (Å²) in [6.45, 7) is 1.88. The number of hydrogen-bond acceptors (Lipinski definition) is 7. The number of methoxy groups -OCH3 is 1. The van der Waals surface area contributed by atoms with Gasteiger partial charge in [0.05, 0.1) is 13.3 Å². The van der Waals surface area contributed by atoms with Gasteiger partial charge < -0.3 is 15.2 Å². The molecule has 0 spiro atoms. The summed E-state index contributed by atoms with van der Waals surface area (Å²) in [5.41, 5.74) is 6.37. The molecule has 17 heavy (non-hydrogen) atoms. The Morgan fingerprint density at radius 2 is 1.88 bits per heavy atom. The van der Waals surface area contributed by atoms with Crippen molar-refractivity contribution >= 4 is 5.95 Å². The standard InChI is InChI=1S/C10H11N5O2/c1-6-3-4-7(5-12-6)17-10-14-8(11)13-9(15-10)16-2/h3-5H,1-2H3,(H2,11,13,14,15). The van der Waals surface area contributed by atoms with Crippen LogP contribution in [0, 0.1) is 6.92 Å². The van der Waals surface area contributed by atoms with E-state index in [2.05, 4.69) is 19.9 Å². The predicted molar refractivity (Wildman–Crippen MR) is 59.8 cm³/mol. The molecule has 2 rings (SSSR count). The van der Waals surface area contributed by atoms with E-state index in [9.17, 15) is 0 Å². The Balaban J connectivity index is 2.23. The summed E-state index contributed by atoms with van der Waals surface area (Å²) in [6.07, 6.45) is 1.57. The second kappa shape index (κ2) is 4.60. The van der Waals surface area contributed by atoms with Crippen molar-refractivity contribution in [2.75, 3.05) is 12.8 Å². The van der Waals surface area contributed by atoms with Crippen LogP contribution in [0.3, 0.4) is 0 Å². The molecule has 2 N–H and O–H groups in total. The van der Waals surface area contributed by atoms with Crippen molar-refractivity contribution in [3.63, 3.8) is 0 Å². The highest BCUT2D eigenvalue weighted by Gasteiger charge is 2.06. The van der Waals surface area contributed by atoms with E-state index in [1.165, 1.54) is 7.11 Å². The van der Waals surface area contributed by atoms with Crippen molar-refractivity contribution < 1.29 is 9.47 Å². The Morgan fingerprint density at radius 3 is 2.53 bits per heavy atom. The van der Waals surface area contributed by atoms with Gasteiger partial charge in [0.2, 0.25) is 5.95 Å². The number of hydrogen-bond donors (Lipinski definition) is 1. The molecule has 0 unspecified atom stereocenters. The third-order valence-electron chi connectivity index (χ3n) is 1.89. The number of pyridine rings is 1. The summed E-state index contributed by atoms with van der Waals surface area (Å²) in [5.74, 6) is 0.551. The molecule has 0 bridgehead atoms. The predicted octanol–water partition coefficient (Wildman–Crippen LogP) is 0.958. The molecule has 2 aromatic heterocycles. The smallest absolute Gasteiger partial charge is 0.330 e. The lowest BCUT2D eigenvalue weighted by molar-refractivity contribution is 0.360. The fraction of sp³-hybridized carbons (Fsp3) is 0.200. The zero-order valence-electron chi connectivity index (χ0n) is 9.41. The van der Waals surface area contributed by atoms with Crippen LogP contribution in [-0.4, -0.2) is 27.0 Å². The van der Waals surface area contributed by atoms with E-state index in [0.29, 0.717) is 5.75 Å². The van der Waals surface area contributed by atoms with Gasteiger partial charge in [-0.15, -0.1) is 4.98 Å². The molecule has 0 atom stereocenters. The molecule has 2 aromatic rings. The SMILES string of the molecule is COc1nc(N)nc(Oc2ccc(C)nc2)n1. The van der Waals surface area contributed by atoms with Crippen LogP contribution < -0.4 is 15.2 Å². The van der Waals surface area contributed by atoms with Gasteiger partial charge in [-0.1, -0.05) is 0 Å². The summed E-state index contributed by atoms with van der Waals surface area (Å²) < 4.78 is 10.2. The minimum Gasteiger partial charge on any atom is -0.467 e. The minimum absolute atomic E-state index is 0.0342. The fourth-order valence-corrected chi connectivity index (χ4v) is 1.11. The first-order chi connectivity index (χ1) is 8.17. The number of ether oxygens (including phenoxy) is 2. The molecule has 0 aliphatic heterocycles. The quantitative estimate of drug-likeness (QED) is 0.843. The summed E-state index contributed by atoms with van der Waals surface area (Å²) in [7, 11) is 1.44. The number of anilines is 1. The van der Waals surface area contributed by atoms with Crippen molar-refractivity contribution in [2.24, 2.45) is 0 Å². The van der Waals surface area contributed by atoms with Gasteiger partial charge in [0.1, 0.15) is 5.75 Å². The van der Waals surface area contributed by atoms with Gasteiger partial charge in [0.25, 0.3) is 0 Å². The average Bonchev–Trinajstić information content (AvgIpc) is 2.31. The van der Waals surface area contributed by atoms with E-state index in [0.717, 1.165) is 5.69 Å². The van der Waals surface area contributed by atoms with E-state index in [1.807, 2.05) is 13.0 Å². The van der Waals surface area contributed by atoms with E-state index in [4.69, 9.17) is 15.2 Å². The molecule has 0 saturated carbocycles.